The van der Waals surface area contributed by atoms with Gasteiger partial charge in [0.1, 0.15) is 15.4 Å². The van der Waals surface area contributed by atoms with Crippen molar-refractivity contribution in [3.63, 3.8) is 0 Å². The Balaban J connectivity index is 0.000000583. The zero-order valence-corrected chi connectivity index (χ0v) is 28.4. The third kappa shape index (κ3) is 11.1. The van der Waals surface area contributed by atoms with Gasteiger partial charge in [0, 0.05) is 25.9 Å². The van der Waals surface area contributed by atoms with Gasteiger partial charge in [0.25, 0.3) is 11.8 Å². The van der Waals surface area contributed by atoms with Crippen molar-refractivity contribution >= 4 is 111 Å². The SMILES string of the molecule is C.CC(C)(C)OC(=O)N1CCc2nc(N)sc2C1=O.Nc1nc2c(s1)C(=O)NCC2.[CH3-].[I][V]([I])[I]. The molecule has 5 N–H and O–H groups in total. The number of carbonyl (C=O) groups is 3. The summed E-state index contributed by atoms with van der Waals surface area (Å²) < 4.78 is 5.19. The third-order valence-corrected chi connectivity index (χ3v) is 5.75. The first-order valence-electron chi connectivity index (χ1n) is 9.39. The number of anilines is 2. The molecule has 4 rings (SSSR count). The number of nitrogen functional groups attached to an aromatic ring is 2. The second-order valence-corrected chi connectivity index (χ2v) is 45.0. The van der Waals surface area contributed by atoms with Gasteiger partial charge in [0.05, 0.1) is 11.4 Å². The summed E-state index contributed by atoms with van der Waals surface area (Å²) in [5.41, 5.74) is 11.9. The molecule has 0 atom stereocenters. The molecule has 2 aromatic heterocycles. The van der Waals surface area contributed by atoms with Crippen LogP contribution in [0.3, 0.4) is 0 Å². The van der Waals surface area contributed by atoms with Crippen molar-refractivity contribution in [1.29, 1.82) is 0 Å². The molecular weight excluding hydrogens is 872 g/mol. The summed E-state index contributed by atoms with van der Waals surface area (Å²) in [7, 11) is 0. The van der Waals surface area contributed by atoms with Crippen LogP contribution in [0.25, 0.3) is 0 Å². The average Bonchev–Trinajstić information content (AvgIpc) is 3.23. The normalized spacial score (nSPS) is 14.0. The molecule has 0 saturated heterocycles. The summed E-state index contributed by atoms with van der Waals surface area (Å²) in [4.78, 5) is 45.1. The average molecular weight is 901 g/mol. The van der Waals surface area contributed by atoms with Crippen molar-refractivity contribution in [3.05, 3.63) is 28.6 Å². The molecule has 0 aromatic carbocycles. The molecule has 16 heteroatoms. The van der Waals surface area contributed by atoms with Crippen LogP contribution in [0.5, 0.6) is 0 Å². The number of nitrogens with one attached hydrogen (secondary N) is 1. The predicted octanol–water partition coefficient (Wildman–Crippen LogP) is 5.41. The number of rotatable bonds is 0. The van der Waals surface area contributed by atoms with E-state index in [-0.39, 0.29) is 38.1 Å². The molecule has 2 aliphatic rings. The minimum atomic E-state index is -0.621. The van der Waals surface area contributed by atoms with E-state index >= 15 is 0 Å². The number of thiazole rings is 2. The van der Waals surface area contributed by atoms with E-state index in [0.29, 0.717) is 38.7 Å². The van der Waals surface area contributed by atoms with Crippen LogP contribution >= 0.6 is 82.6 Å². The van der Waals surface area contributed by atoms with Crippen LogP contribution in [-0.4, -0.2) is 51.5 Å². The number of nitrogens with zero attached hydrogens (tertiary/aromatic N) is 3. The molecule has 0 bridgehead atoms. The number of aromatic nitrogens is 2. The standard InChI is InChI=1S/C11H15N3O3S.C6H7N3OS.CH4.CH3.3HI.V/c1-11(2,3)17-10(16)14-5-4-6-7(8(14)15)18-9(12)13-6;7-6-9-3-1-2-8-5(10)4(3)11-6;;;;;;/h4-5H2,1-3H3,(H2,12,13);1-2H2,(H2,7,9)(H,8,10);1H4;1H3;3*1H;/q;;;-1;;;;+3/p-3. The molecule has 4 heterocycles. The molecule has 2 aromatic rings. The van der Waals surface area contributed by atoms with E-state index in [9.17, 15) is 14.4 Å². The van der Waals surface area contributed by atoms with E-state index in [1.807, 2.05) is 0 Å². The van der Waals surface area contributed by atoms with Crippen molar-refractivity contribution in [2.75, 3.05) is 24.6 Å². The summed E-state index contributed by atoms with van der Waals surface area (Å²) in [5, 5.41) is 3.55. The first-order valence-corrected chi connectivity index (χ1v) is 24.5. The maximum absolute atomic E-state index is 12.1. The van der Waals surface area contributed by atoms with Gasteiger partial charge in [-0.05, 0) is 20.8 Å². The van der Waals surface area contributed by atoms with Gasteiger partial charge in [-0.2, -0.15) is 0 Å². The Labute approximate surface area is 251 Å². The quantitative estimate of drug-likeness (QED) is 0.235. The molecule has 198 valence electrons. The summed E-state index contributed by atoms with van der Waals surface area (Å²) in [6, 6.07) is 0. The van der Waals surface area contributed by atoms with E-state index in [1.54, 1.807) is 20.8 Å². The monoisotopic (exact) mass is 901 g/mol. The molecule has 0 aliphatic carbocycles. The van der Waals surface area contributed by atoms with Crippen LogP contribution < -0.4 is 16.8 Å². The fourth-order valence-electron chi connectivity index (χ4n) is 2.73. The van der Waals surface area contributed by atoms with Gasteiger partial charge in [-0.15, -0.1) is 0 Å². The van der Waals surface area contributed by atoms with Gasteiger partial charge in [-0.1, -0.05) is 30.1 Å². The second-order valence-electron chi connectivity index (χ2n) is 7.54. The van der Waals surface area contributed by atoms with Gasteiger partial charge >= 0.3 is 71.0 Å². The van der Waals surface area contributed by atoms with Crippen LogP contribution in [0, 0.1) is 7.43 Å². The van der Waals surface area contributed by atoms with Gasteiger partial charge in [-0.25, -0.2) is 19.7 Å². The van der Waals surface area contributed by atoms with Crippen LogP contribution in [0.4, 0.5) is 15.1 Å². The van der Waals surface area contributed by atoms with Crippen molar-refractivity contribution < 1.29 is 24.0 Å². The predicted molar refractivity (Wildman–Crippen MR) is 165 cm³/mol. The number of imide groups is 1. The Morgan fingerprint density at radius 2 is 1.54 bits per heavy atom. The number of hydrogen-bond acceptors (Lipinski definition) is 10. The minimum absolute atomic E-state index is 0. The molecular formula is C19H29I3N6O4S2V-. The first kappa shape index (κ1) is 35.0. The second kappa shape index (κ2) is 15.5. The number of nitrogens with two attached hydrogens (primary N) is 2. The summed E-state index contributed by atoms with van der Waals surface area (Å²) in [5.74, 6) is -0.417. The molecule has 0 spiro atoms. The van der Waals surface area contributed by atoms with Gasteiger partial charge < -0.3 is 28.9 Å². The van der Waals surface area contributed by atoms with Crippen LogP contribution in [0.1, 0.15) is 58.9 Å². The third-order valence-electron chi connectivity index (χ3n) is 3.91. The maximum atomic E-state index is 12.1. The number of halogens is 3. The molecule has 10 nitrogen and oxygen atoms in total. The molecule has 0 unspecified atom stereocenters. The Morgan fingerprint density at radius 1 is 1.06 bits per heavy atom. The van der Waals surface area contributed by atoms with E-state index < -0.39 is 11.7 Å². The van der Waals surface area contributed by atoms with Gasteiger partial charge in [0.2, 0.25) is 0 Å². The topological polar surface area (TPSA) is 154 Å². The van der Waals surface area contributed by atoms with E-state index in [4.69, 9.17) is 16.2 Å². The molecule has 0 saturated carbocycles. The Bertz CT molecular complexity index is 1030. The van der Waals surface area contributed by atoms with Crippen molar-refractivity contribution in [3.8, 4) is 0 Å². The molecule has 0 radical (unpaired) electrons. The van der Waals surface area contributed by atoms with Crippen molar-refractivity contribution in [1.82, 2.24) is 20.2 Å². The number of hydrogen-bond donors (Lipinski definition) is 3. The molecule has 0 fully saturated rings. The van der Waals surface area contributed by atoms with E-state index in [0.717, 1.165) is 28.4 Å². The Kier molecular flexibility index (Phi) is 15.5. The Morgan fingerprint density at radius 3 is 2.03 bits per heavy atom. The number of amides is 3. The summed E-state index contributed by atoms with van der Waals surface area (Å²) in [6.45, 7) is 6.24. The van der Waals surface area contributed by atoms with Gasteiger partial charge in [-0.3, -0.25) is 9.59 Å². The Hall–Kier alpha value is 0.0444. The molecule has 35 heavy (non-hydrogen) atoms. The zero-order chi connectivity index (χ0) is 24.9. The van der Waals surface area contributed by atoms with Crippen LogP contribution in [-0.2, 0) is 22.5 Å². The van der Waals surface area contributed by atoms with E-state index in [1.165, 1.54) is 11.3 Å². The van der Waals surface area contributed by atoms with Crippen molar-refractivity contribution in [2.45, 2.75) is 46.6 Å². The van der Waals surface area contributed by atoms with Crippen LogP contribution in [0.2, 0.25) is 0 Å². The molecule has 2 aliphatic heterocycles. The van der Waals surface area contributed by atoms with Crippen LogP contribution in [0.15, 0.2) is 0 Å². The summed E-state index contributed by atoms with van der Waals surface area (Å²) >= 11 is 9.75. The fourth-order valence-corrected chi connectivity index (χ4v) is 4.35. The first-order chi connectivity index (χ1) is 15.3. The fraction of sp³-hybridized carbons (Fsp3) is 0.474. The van der Waals surface area contributed by atoms with Crippen molar-refractivity contribution in [2.24, 2.45) is 0 Å². The number of carbonyl (C=O) groups excluding carboxylic acids is 3. The van der Waals surface area contributed by atoms with Gasteiger partial charge in [0.15, 0.2) is 10.3 Å². The summed E-state index contributed by atoms with van der Waals surface area (Å²) in [6.07, 6.45) is 0.702. The number of fused-ring (bicyclic) bond motifs is 2. The zero-order valence-electron chi connectivity index (χ0n) is 18.9. The van der Waals surface area contributed by atoms with E-state index in [2.05, 4.69) is 75.2 Å². The molecule has 3 amide bonds. The number of ether oxygens (including phenoxy) is 1.